The van der Waals surface area contributed by atoms with Crippen LogP contribution < -0.4 is 0 Å². The van der Waals surface area contributed by atoms with E-state index in [1.807, 2.05) is 0 Å². The van der Waals surface area contributed by atoms with E-state index < -0.39 is 24.3 Å². The Morgan fingerprint density at radius 1 is 1.54 bits per heavy atom. The molecule has 1 aromatic heterocycles. The van der Waals surface area contributed by atoms with Crippen LogP contribution in [0.4, 0.5) is 8.78 Å². The molecular weight excluding hydrogens is 204 g/mol. The van der Waals surface area contributed by atoms with Crippen molar-refractivity contribution in [1.82, 2.24) is 4.98 Å². The minimum absolute atomic E-state index is 0.282. The summed E-state index contributed by atoms with van der Waals surface area (Å²) in [5.41, 5.74) is -0.792. The zero-order chi connectivity index (χ0) is 10.0. The van der Waals surface area contributed by atoms with Crippen molar-refractivity contribution in [2.45, 2.75) is 13.0 Å². The molecule has 0 aliphatic heterocycles. The second-order valence-corrected chi connectivity index (χ2v) is 2.65. The number of aromatic nitrogens is 1. The van der Waals surface area contributed by atoms with Gasteiger partial charge in [0.05, 0.1) is 6.61 Å². The molecule has 0 fully saturated rings. The standard InChI is InChI=1S/C7H6ClF2NO2/c8-6-5(13)4(2-12)3(1-11-6)7(9)10/h1,7,12-13H,2H2. The van der Waals surface area contributed by atoms with Gasteiger partial charge in [0.25, 0.3) is 6.43 Å². The summed E-state index contributed by atoms with van der Waals surface area (Å²) < 4.78 is 24.4. The highest BCUT2D eigenvalue weighted by molar-refractivity contribution is 6.30. The van der Waals surface area contributed by atoms with Gasteiger partial charge in [0.2, 0.25) is 0 Å². The predicted octanol–water partition coefficient (Wildman–Crippen LogP) is 1.87. The van der Waals surface area contributed by atoms with Gasteiger partial charge >= 0.3 is 0 Å². The third kappa shape index (κ3) is 1.87. The van der Waals surface area contributed by atoms with Gasteiger partial charge in [-0.2, -0.15) is 0 Å². The van der Waals surface area contributed by atoms with Crippen LogP contribution in [0.15, 0.2) is 6.20 Å². The lowest BCUT2D eigenvalue weighted by Gasteiger charge is -2.08. The van der Waals surface area contributed by atoms with Gasteiger partial charge in [0.15, 0.2) is 10.9 Å². The lowest BCUT2D eigenvalue weighted by Crippen LogP contribution is -1.97. The average Bonchev–Trinajstić information content (AvgIpc) is 2.09. The van der Waals surface area contributed by atoms with Crippen molar-refractivity contribution in [3.63, 3.8) is 0 Å². The first kappa shape index (κ1) is 10.1. The van der Waals surface area contributed by atoms with E-state index in [4.69, 9.17) is 21.8 Å². The zero-order valence-electron chi connectivity index (χ0n) is 6.34. The molecule has 1 rings (SSSR count). The Balaban J connectivity index is 3.30. The van der Waals surface area contributed by atoms with E-state index in [-0.39, 0.29) is 10.7 Å². The SMILES string of the molecule is OCc1c(C(F)F)cnc(Cl)c1O. The second kappa shape index (κ2) is 3.85. The number of aromatic hydroxyl groups is 1. The summed E-state index contributed by atoms with van der Waals surface area (Å²) in [7, 11) is 0. The van der Waals surface area contributed by atoms with E-state index >= 15 is 0 Å². The fourth-order valence-corrected chi connectivity index (χ4v) is 1.04. The van der Waals surface area contributed by atoms with Crippen molar-refractivity contribution in [2.24, 2.45) is 0 Å². The van der Waals surface area contributed by atoms with Crippen molar-refractivity contribution >= 4 is 11.6 Å². The van der Waals surface area contributed by atoms with Crippen molar-refractivity contribution in [1.29, 1.82) is 0 Å². The third-order valence-corrected chi connectivity index (χ3v) is 1.82. The monoisotopic (exact) mass is 209 g/mol. The molecule has 0 unspecified atom stereocenters. The number of aliphatic hydroxyl groups is 1. The van der Waals surface area contributed by atoms with Crippen molar-refractivity contribution < 1.29 is 19.0 Å². The van der Waals surface area contributed by atoms with Crippen molar-refractivity contribution in [2.75, 3.05) is 0 Å². The summed E-state index contributed by atoms with van der Waals surface area (Å²) in [6.45, 7) is -0.701. The number of hydrogen-bond acceptors (Lipinski definition) is 3. The summed E-state index contributed by atoms with van der Waals surface area (Å²) in [4.78, 5) is 3.33. The summed E-state index contributed by atoms with van der Waals surface area (Å²) in [6.07, 6.45) is -1.96. The van der Waals surface area contributed by atoms with Crippen molar-refractivity contribution in [3.8, 4) is 5.75 Å². The number of rotatable bonds is 2. The molecule has 6 heteroatoms. The van der Waals surface area contributed by atoms with E-state index in [0.29, 0.717) is 0 Å². The van der Waals surface area contributed by atoms with Crippen LogP contribution >= 0.6 is 11.6 Å². The maximum Gasteiger partial charge on any atom is 0.265 e. The number of alkyl halides is 2. The molecule has 0 bridgehead atoms. The van der Waals surface area contributed by atoms with Gasteiger partial charge in [0, 0.05) is 17.3 Å². The van der Waals surface area contributed by atoms with E-state index in [2.05, 4.69) is 4.98 Å². The van der Waals surface area contributed by atoms with Gasteiger partial charge in [-0.3, -0.25) is 0 Å². The van der Waals surface area contributed by atoms with E-state index in [1.165, 1.54) is 0 Å². The van der Waals surface area contributed by atoms with Crippen LogP contribution in [0, 0.1) is 0 Å². The second-order valence-electron chi connectivity index (χ2n) is 2.29. The zero-order valence-corrected chi connectivity index (χ0v) is 7.09. The molecule has 0 amide bonds. The number of hydrogen-bond donors (Lipinski definition) is 2. The van der Waals surface area contributed by atoms with Gasteiger partial charge < -0.3 is 10.2 Å². The quantitative estimate of drug-likeness (QED) is 0.731. The highest BCUT2D eigenvalue weighted by Crippen LogP contribution is 2.32. The van der Waals surface area contributed by atoms with Gasteiger partial charge in [-0.15, -0.1) is 0 Å². The number of halogens is 3. The molecular formula is C7H6ClF2NO2. The summed E-state index contributed by atoms with van der Waals surface area (Å²) in [5, 5.41) is 17.5. The molecule has 1 aromatic rings. The number of aliphatic hydroxyl groups excluding tert-OH is 1. The first-order valence-corrected chi connectivity index (χ1v) is 3.71. The average molecular weight is 210 g/mol. The molecule has 13 heavy (non-hydrogen) atoms. The fourth-order valence-electron chi connectivity index (χ4n) is 0.881. The van der Waals surface area contributed by atoms with Crippen LogP contribution in [0.3, 0.4) is 0 Å². The Morgan fingerprint density at radius 2 is 2.15 bits per heavy atom. The minimum Gasteiger partial charge on any atom is -0.504 e. The van der Waals surface area contributed by atoms with Gasteiger partial charge in [-0.1, -0.05) is 11.6 Å². The Bertz CT molecular complexity index is 320. The van der Waals surface area contributed by atoms with Crippen LogP contribution in [0.1, 0.15) is 17.6 Å². The Hall–Kier alpha value is -0.940. The molecule has 0 atom stereocenters. The molecule has 72 valence electrons. The molecule has 0 radical (unpaired) electrons. The Labute approximate surface area is 77.6 Å². The fraction of sp³-hybridized carbons (Fsp3) is 0.286. The maximum absolute atomic E-state index is 12.2. The molecule has 0 saturated carbocycles. The maximum atomic E-state index is 12.2. The molecule has 0 spiro atoms. The number of pyridine rings is 1. The highest BCUT2D eigenvalue weighted by atomic mass is 35.5. The molecule has 0 aliphatic rings. The first-order valence-electron chi connectivity index (χ1n) is 3.33. The topological polar surface area (TPSA) is 53.4 Å². The van der Waals surface area contributed by atoms with E-state index in [9.17, 15) is 8.78 Å². The molecule has 2 N–H and O–H groups in total. The van der Waals surface area contributed by atoms with Crippen molar-refractivity contribution in [3.05, 3.63) is 22.5 Å². The van der Waals surface area contributed by atoms with Crippen LogP contribution in [-0.2, 0) is 6.61 Å². The predicted molar refractivity (Wildman–Crippen MR) is 41.8 cm³/mol. The lowest BCUT2D eigenvalue weighted by molar-refractivity contribution is 0.145. The van der Waals surface area contributed by atoms with Crippen LogP contribution in [-0.4, -0.2) is 15.2 Å². The van der Waals surface area contributed by atoms with E-state index in [0.717, 1.165) is 6.20 Å². The van der Waals surface area contributed by atoms with Gasteiger partial charge in [0.1, 0.15) is 0 Å². The summed E-state index contributed by atoms with van der Waals surface area (Å²) >= 11 is 5.35. The molecule has 0 aromatic carbocycles. The highest BCUT2D eigenvalue weighted by Gasteiger charge is 2.18. The largest absolute Gasteiger partial charge is 0.504 e. The molecule has 0 aliphatic carbocycles. The Kier molecular flexibility index (Phi) is 3.00. The Morgan fingerprint density at radius 3 is 2.62 bits per heavy atom. The number of nitrogens with zero attached hydrogens (tertiary/aromatic N) is 1. The first-order chi connectivity index (χ1) is 6.07. The van der Waals surface area contributed by atoms with Crippen LogP contribution in [0.5, 0.6) is 5.75 Å². The van der Waals surface area contributed by atoms with Gasteiger partial charge in [-0.25, -0.2) is 13.8 Å². The molecule has 3 nitrogen and oxygen atoms in total. The summed E-state index contributed by atoms with van der Waals surface area (Å²) in [6, 6.07) is 0. The van der Waals surface area contributed by atoms with Gasteiger partial charge in [-0.05, 0) is 0 Å². The molecule has 0 saturated heterocycles. The van der Waals surface area contributed by atoms with Crippen LogP contribution in [0.2, 0.25) is 5.15 Å². The summed E-state index contributed by atoms with van der Waals surface area (Å²) in [5.74, 6) is -0.595. The van der Waals surface area contributed by atoms with Crippen LogP contribution in [0.25, 0.3) is 0 Å². The molecule has 1 heterocycles. The minimum atomic E-state index is -2.79. The third-order valence-electron chi connectivity index (χ3n) is 1.54. The normalized spacial score (nSPS) is 10.8. The van der Waals surface area contributed by atoms with E-state index in [1.54, 1.807) is 0 Å². The lowest BCUT2D eigenvalue weighted by atomic mass is 10.1. The smallest absolute Gasteiger partial charge is 0.265 e.